The molecular weight excluding hydrogens is 314 g/mol. The predicted octanol–water partition coefficient (Wildman–Crippen LogP) is 1.08. The van der Waals surface area contributed by atoms with Crippen LogP contribution in [0.2, 0.25) is 5.02 Å². The monoisotopic (exact) mass is 331 g/mol. The number of nitrogens with two attached hydrogens (primary N) is 1. The molecule has 1 aliphatic heterocycles. The van der Waals surface area contributed by atoms with Crippen LogP contribution in [-0.2, 0) is 10.0 Å². The van der Waals surface area contributed by atoms with Crippen LogP contribution in [0.15, 0.2) is 18.2 Å². The maximum absolute atomic E-state index is 12.1. The van der Waals surface area contributed by atoms with E-state index in [1.807, 2.05) is 0 Å². The molecule has 1 aromatic carbocycles. The second kappa shape index (κ2) is 6.21. The van der Waals surface area contributed by atoms with E-state index in [1.54, 1.807) is 12.1 Å². The van der Waals surface area contributed by atoms with Crippen LogP contribution in [-0.4, -0.2) is 44.0 Å². The molecule has 1 aliphatic rings. The van der Waals surface area contributed by atoms with Gasteiger partial charge in [0.1, 0.15) is 0 Å². The Balaban J connectivity index is 1.94. The fourth-order valence-electron chi connectivity index (χ4n) is 2.27. The number of carbonyl (C=O) groups excluding carboxylic acids is 1. The summed E-state index contributed by atoms with van der Waals surface area (Å²) in [6.45, 7) is 0.846. The van der Waals surface area contributed by atoms with E-state index in [9.17, 15) is 13.2 Å². The van der Waals surface area contributed by atoms with Gasteiger partial charge in [-0.2, -0.15) is 0 Å². The standard InChI is InChI=1S/C13H18ClN3O3S/c1-21(19,20)17-6-4-10(5-7-17)16-13(18)9-2-3-12(15)11(14)8-9/h2-3,8,10H,4-7,15H2,1H3,(H,16,18). The van der Waals surface area contributed by atoms with Crippen molar-refractivity contribution in [3.63, 3.8) is 0 Å². The van der Waals surface area contributed by atoms with Crippen LogP contribution in [0.3, 0.4) is 0 Å². The first-order chi connectivity index (χ1) is 9.77. The van der Waals surface area contributed by atoms with E-state index in [4.69, 9.17) is 17.3 Å². The van der Waals surface area contributed by atoms with Crippen molar-refractivity contribution < 1.29 is 13.2 Å². The van der Waals surface area contributed by atoms with Crippen molar-refractivity contribution in [3.05, 3.63) is 28.8 Å². The number of anilines is 1. The zero-order valence-corrected chi connectivity index (χ0v) is 13.2. The summed E-state index contributed by atoms with van der Waals surface area (Å²) in [7, 11) is -3.15. The van der Waals surface area contributed by atoms with Crippen LogP contribution in [0.5, 0.6) is 0 Å². The second-order valence-electron chi connectivity index (χ2n) is 5.15. The molecule has 0 radical (unpaired) electrons. The predicted molar refractivity (Wildman–Crippen MR) is 82.8 cm³/mol. The van der Waals surface area contributed by atoms with Gasteiger partial charge in [-0.05, 0) is 31.0 Å². The quantitative estimate of drug-likeness (QED) is 0.810. The molecule has 0 aromatic heterocycles. The van der Waals surface area contributed by atoms with E-state index >= 15 is 0 Å². The number of benzene rings is 1. The molecule has 6 nitrogen and oxygen atoms in total. The van der Waals surface area contributed by atoms with Gasteiger partial charge in [-0.15, -0.1) is 0 Å². The molecule has 1 saturated heterocycles. The molecule has 116 valence electrons. The molecule has 0 aliphatic carbocycles. The largest absolute Gasteiger partial charge is 0.398 e. The first-order valence-corrected chi connectivity index (χ1v) is 8.81. The molecule has 0 bridgehead atoms. The minimum Gasteiger partial charge on any atom is -0.398 e. The molecule has 0 unspecified atom stereocenters. The summed E-state index contributed by atoms with van der Waals surface area (Å²) in [4.78, 5) is 12.1. The first-order valence-electron chi connectivity index (χ1n) is 6.58. The van der Waals surface area contributed by atoms with Crippen molar-refractivity contribution in [2.24, 2.45) is 0 Å². The van der Waals surface area contributed by atoms with Crippen LogP contribution in [0.25, 0.3) is 0 Å². The van der Waals surface area contributed by atoms with Gasteiger partial charge >= 0.3 is 0 Å². The van der Waals surface area contributed by atoms with Gasteiger partial charge in [0.15, 0.2) is 0 Å². The zero-order chi connectivity index (χ0) is 15.6. The highest BCUT2D eigenvalue weighted by atomic mass is 35.5. The zero-order valence-electron chi connectivity index (χ0n) is 11.7. The highest BCUT2D eigenvalue weighted by molar-refractivity contribution is 7.88. The third-order valence-electron chi connectivity index (χ3n) is 3.52. The number of piperidine rings is 1. The van der Waals surface area contributed by atoms with Crippen molar-refractivity contribution in [1.82, 2.24) is 9.62 Å². The Morgan fingerprint density at radius 2 is 2.00 bits per heavy atom. The third kappa shape index (κ3) is 4.09. The minimum atomic E-state index is -3.15. The van der Waals surface area contributed by atoms with Gasteiger partial charge in [0, 0.05) is 24.7 Å². The number of nitrogen functional groups attached to an aromatic ring is 1. The number of nitrogens with zero attached hydrogens (tertiary/aromatic N) is 1. The summed E-state index contributed by atoms with van der Waals surface area (Å²) in [5.41, 5.74) is 6.47. The van der Waals surface area contributed by atoms with Crippen molar-refractivity contribution >= 4 is 33.2 Å². The fraction of sp³-hybridized carbons (Fsp3) is 0.462. The topological polar surface area (TPSA) is 92.5 Å². The van der Waals surface area contributed by atoms with Gasteiger partial charge < -0.3 is 11.1 Å². The molecule has 1 heterocycles. The molecular formula is C13H18ClN3O3S. The summed E-state index contributed by atoms with van der Waals surface area (Å²) >= 11 is 5.89. The smallest absolute Gasteiger partial charge is 0.251 e. The van der Waals surface area contributed by atoms with Crippen molar-refractivity contribution in [2.75, 3.05) is 25.1 Å². The van der Waals surface area contributed by atoms with E-state index < -0.39 is 10.0 Å². The number of nitrogens with one attached hydrogen (secondary N) is 1. The number of amides is 1. The number of hydrogen-bond acceptors (Lipinski definition) is 4. The van der Waals surface area contributed by atoms with Gasteiger partial charge in [-0.1, -0.05) is 11.6 Å². The molecule has 1 fully saturated rings. The third-order valence-corrected chi connectivity index (χ3v) is 5.15. The summed E-state index contributed by atoms with van der Waals surface area (Å²) in [6, 6.07) is 4.69. The summed E-state index contributed by atoms with van der Waals surface area (Å²) in [5, 5.41) is 3.24. The van der Waals surface area contributed by atoms with E-state index in [0.717, 1.165) is 0 Å². The Kier molecular flexibility index (Phi) is 4.75. The Morgan fingerprint density at radius 3 is 2.52 bits per heavy atom. The number of carbonyl (C=O) groups is 1. The lowest BCUT2D eigenvalue weighted by atomic mass is 10.1. The Bertz CT molecular complexity index is 640. The minimum absolute atomic E-state index is 0.0353. The molecule has 0 atom stereocenters. The molecule has 0 spiro atoms. The summed E-state index contributed by atoms with van der Waals surface area (Å²) in [5.74, 6) is -0.227. The number of hydrogen-bond donors (Lipinski definition) is 2. The van der Waals surface area contributed by atoms with Crippen molar-refractivity contribution in [1.29, 1.82) is 0 Å². The summed E-state index contributed by atoms with van der Waals surface area (Å²) < 4.78 is 24.3. The molecule has 0 saturated carbocycles. The highest BCUT2D eigenvalue weighted by Gasteiger charge is 2.25. The maximum atomic E-state index is 12.1. The molecule has 1 aromatic rings. The molecule has 21 heavy (non-hydrogen) atoms. The fourth-order valence-corrected chi connectivity index (χ4v) is 3.32. The number of sulfonamides is 1. The normalized spacial score (nSPS) is 17.6. The molecule has 1 amide bonds. The number of rotatable bonds is 3. The molecule has 3 N–H and O–H groups in total. The Labute approximate surface area is 129 Å². The van der Waals surface area contributed by atoms with Gasteiger partial charge in [0.25, 0.3) is 5.91 Å². The van der Waals surface area contributed by atoms with Gasteiger partial charge in [-0.25, -0.2) is 12.7 Å². The van der Waals surface area contributed by atoms with Gasteiger partial charge in [0.05, 0.1) is 17.0 Å². The maximum Gasteiger partial charge on any atom is 0.251 e. The lowest BCUT2D eigenvalue weighted by Gasteiger charge is -2.30. The number of halogens is 1. The summed E-state index contributed by atoms with van der Waals surface area (Å²) in [6.07, 6.45) is 2.39. The van der Waals surface area contributed by atoms with Crippen LogP contribution in [0.1, 0.15) is 23.2 Å². The molecule has 8 heteroatoms. The Morgan fingerprint density at radius 1 is 1.38 bits per heavy atom. The van der Waals surface area contributed by atoms with Gasteiger partial charge in [0.2, 0.25) is 10.0 Å². The first kappa shape index (κ1) is 16.1. The second-order valence-corrected chi connectivity index (χ2v) is 7.54. The SMILES string of the molecule is CS(=O)(=O)N1CCC(NC(=O)c2ccc(N)c(Cl)c2)CC1. The lowest BCUT2D eigenvalue weighted by Crippen LogP contribution is -2.46. The lowest BCUT2D eigenvalue weighted by molar-refractivity contribution is 0.0924. The van der Waals surface area contributed by atoms with Crippen LogP contribution in [0, 0.1) is 0 Å². The van der Waals surface area contributed by atoms with Crippen molar-refractivity contribution in [3.8, 4) is 0 Å². The average Bonchev–Trinajstić information content (AvgIpc) is 2.41. The van der Waals surface area contributed by atoms with E-state index in [0.29, 0.717) is 42.2 Å². The van der Waals surface area contributed by atoms with Crippen LogP contribution < -0.4 is 11.1 Å². The van der Waals surface area contributed by atoms with E-state index in [2.05, 4.69) is 5.32 Å². The highest BCUT2D eigenvalue weighted by Crippen LogP contribution is 2.20. The van der Waals surface area contributed by atoms with E-state index in [1.165, 1.54) is 16.6 Å². The van der Waals surface area contributed by atoms with Gasteiger partial charge in [-0.3, -0.25) is 4.79 Å². The van der Waals surface area contributed by atoms with Crippen LogP contribution in [0.4, 0.5) is 5.69 Å². The Hall–Kier alpha value is -1.31. The van der Waals surface area contributed by atoms with Crippen LogP contribution >= 0.6 is 11.6 Å². The van der Waals surface area contributed by atoms with E-state index in [-0.39, 0.29) is 11.9 Å². The van der Waals surface area contributed by atoms with Crippen molar-refractivity contribution in [2.45, 2.75) is 18.9 Å². The molecule has 2 rings (SSSR count). The average molecular weight is 332 g/mol.